The van der Waals surface area contributed by atoms with E-state index in [1.807, 2.05) is 13.8 Å². The first-order chi connectivity index (χ1) is 18.1. The van der Waals surface area contributed by atoms with Crippen LogP contribution in [0, 0.1) is 16.7 Å². The fraction of sp³-hybridized carbons (Fsp3) is 0.440. The van der Waals surface area contributed by atoms with Crippen LogP contribution in [0.25, 0.3) is 4.85 Å². The minimum Gasteiger partial charge on any atom is -0.387 e. The molecule has 200 valence electrons. The van der Waals surface area contributed by atoms with Gasteiger partial charge < -0.3 is 20.3 Å². The van der Waals surface area contributed by atoms with Gasteiger partial charge in [0.25, 0.3) is 17.5 Å². The van der Waals surface area contributed by atoms with E-state index < -0.39 is 17.1 Å². The van der Waals surface area contributed by atoms with E-state index in [4.69, 9.17) is 11.3 Å². The van der Waals surface area contributed by atoms with Gasteiger partial charge in [0, 0.05) is 49.6 Å². The number of hydrogen-bond acceptors (Lipinski definition) is 8. The second-order valence-corrected chi connectivity index (χ2v) is 10.3. The Hall–Kier alpha value is -3.76. The highest BCUT2D eigenvalue weighted by molar-refractivity contribution is 9.10. The van der Waals surface area contributed by atoms with Crippen molar-refractivity contribution in [1.29, 1.82) is 0 Å². The number of aromatic nitrogens is 1. The first kappa shape index (κ1) is 27.3. The van der Waals surface area contributed by atoms with Crippen LogP contribution in [0.15, 0.2) is 35.1 Å². The van der Waals surface area contributed by atoms with Gasteiger partial charge in [0.05, 0.1) is 46.4 Å². The Kier molecular flexibility index (Phi) is 8.13. The molecule has 0 bridgehead atoms. The topological polar surface area (TPSA) is 134 Å². The van der Waals surface area contributed by atoms with Gasteiger partial charge in [-0.2, -0.15) is 0 Å². The van der Waals surface area contributed by atoms with E-state index in [0.717, 1.165) is 0 Å². The van der Waals surface area contributed by atoms with Crippen LogP contribution in [-0.2, 0) is 4.74 Å². The number of likely N-dealkylation sites (tertiary alicyclic amines) is 1. The van der Waals surface area contributed by atoms with Crippen molar-refractivity contribution in [3.63, 3.8) is 0 Å². The number of nitro groups is 1. The van der Waals surface area contributed by atoms with Crippen molar-refractivity contribution in [2.75, 3.05) is 37.3 Å². The molecule has 0 unspecified atom stereocenters. The molecule has 2 aliphatic heterocycles. The lowest BCUT2D eigenvalue weighted by molar-refractivity contribution is -0.384. The van der Waals surface area contributed by atoms with Crippen molar-refractivity contribution in [1.82, 2.24) is 14.8 Å². The van der Waals surface area contributed by atoms with Gasteiger partial charge in [-0.3, -0.25) is 34.4 Å². The molecule has 0 spiro atoms. The molecule has 2 saturated heterocycles. The van der Waals surface area contributed by atoms with Crippen LogP contribution in [0.4, 0.5) is 17.1 Å². The molecule has 4 rings (SSSR count). The van der Waals surface area contributed by atoms with Crippen LogP contribution >= 0.6 is 15.9 Å². The zero-order valence-electron chi connectivity index (χ0n) is 21.2. The maximum absolute atomic E-state index is 13.6. The Morgan fingerprint density at radius 3 is 2.53 bits per heavy atom. The molecule has 2 N–H and O–H groups in total. The largest absolute Gasteiger partial charge is 0.387 e. The molecule has 13 heteroatoms. The smallest absolute Gasteiger partial charge is 0.302 e. The summed E-state index contributed by atoms with van der Waals surface area (Å²) in [7, 11) is 1.71. The lowest BCUT2D eigenvalue weighted by Gasteiger charge is -2.35. The number of nitro benzene ring substituents is 1. The van der Waals surface area contributed by atoms with Gasteiger partial charge in [0.15, 0.2) is 0 Å². The molecule has 2 fully saturated rings. The van der Waals surface area contributed by atoms with E-state index >= 15 is 0 Å². The fourth-order valence-corrected chi connectivity index (χ4v) is 5.34. The Morgan fingerprint density at radius 1 is 1.18 bits per heavy atom. The molecule has 2 amide bonds. The zero-order valence-corrected chi connectivity index (χ0v) is 22.8. The molecule has 38 heavy (non-hydrogen) atoms. The van der Waals surface area contributed by atoms with Gasteiger partial charge in [0.2, 0.25) is 0 Å². The number of carbonyl (C=O) groups excluding carboxylic acids is 2. The van der Waals surface area contributed by atoms with Crippen LogP contribution in [0.3, 0.4) is 0 Å². The van der Waals surface area contributed by atoms with Crippen molar-refractivity contribution in [2.24, 2.45) is 0 Å². The monoisotopic (exact) mass is 585 g/mol. The average molecular weight is 586 g/mol. The van der Waals surface area contributed by atoms with Crippen molar-refractivity contribution < 1.29 is 19.2 Å². The molecule has 0 saturated carbocycles. The molecule has 0 aliphatic carbocycles. The molecule has 12 nitrogen and oxygen atoms in total. The molecular weight excluding hydrogens is 558 g/mol. The fourth-order valence-electron chi connectivity index (χ4n) is 4.90. The zero-order chi connectivity index (χ0) is 27.6. The highest BCUT2D eigenvalue weighted by atomic mass is 79.9. The van der Waals surface area contributed by atoms with E-state index in [0.29, 0.717) is 28.8 Å². The maximum Gasteiger partial charge on any atom is 0.302 e. The number of nitrogens with one attached hydrogen (secondary N) is 2. The molecule has 0 radical (unpaired) electrons. The number of nitrogens with zero attached hydrogens (tertiary/aromatic N) is 5. The minimum absolute atomic E-state index is 0.0666. The van der Waals surface area contributed by atoms with Gasteiger partial charge in [-0.05, 0) is 26.0 Å². The third kappa shape index (κ3) is 5.71. The number of hydrogen-bond donors (Lipinski definition) is 2. The summed E-state index contributed by atoms with van der Waals surface area (Å²) in [5.74, 6) is -0.723. The van der Waals surface area contributed by atoms with E-state index in [1.165, 1.54) is 17.2 Å². The average Bonchev–Trinajstić information content (AvgIpc) is 3.30. The maximum atomic E-state index is 13.6. The first-order valence-electron chi connectivity index (χ1n) is 12.1. The Balaban J connectivity index is 1.64. The second-order valence-electron chi connectivity index (χ2n) is 9.43. The number of halogens is 1. The third-order valence-corrected chi connectivity index (χ3v) is 6.98. The summed E-state index contributed by atoms with van der Waals surface area (Å²) in [4.78, 5) is 49.1. The number of pyridine rings is 1. The summed E-state index contributed by atoms with van der Waals surface area (Å²) in [5, 5.41) is 18.1. The summed E-state index contributed by atoms with van der Waals surface area (Å²) in [6.07, 6.45) is 2.13. The predicted octanol–water partition coefficient (Wildman–Crippen LogP) is 3.62. The van der Waals surface area contributed by atoms with Gasteiger partial charge in [-0.25, -0.2) is 6.57 Å². The highest BCUT2D eigenvalue weighted by Crippen LogP contribution is 2.36. The van der Waals surface area contributed by atoms with Gasteiger partial charge in [-0.15, -0.1) is 0 Å². The standard InChI is InChI=1S/C25H28BrN7O5/c1-14-11-31(12-15(2)38-14)25(35)20-6-17(26)7-21(33(36)37)23(20)30-19-8-22(28-4)32(13-19)24(34)16-5-18(27-3)10-29-9-16/h5-7,9-10,14-15,19,22,27,30H,8,11-13H2,1-3H3/t14-,15+,19-,22+/m1/s1. The summed E-state index contributed by atoms with van der Waals surface area (Å²) < 4.78 is 6.13. The number of benzene rings is 1. The first-order valence-corrected chi connectivity index (χ1v) is 12.9. The van der Waals surface area contributed by atoms with E-state index in [2.05, 4.69) is 36.4 Å². The van der Waals surface area contributed by atoms with Crippen molar-refractivity contribution in [2.45, 2.75) is 44.7 Å². The van der Waals surface area contributed by atoms with E-state index in [9.17, 15) is 19.7 Å². The van der Waals surface area contributed by atoms with Crippen LogP contribution in [0.2, 0.25) is 0 Å². The quantitative estimate of drug-likeness (QED) is 0.298. The molecule has 2 aliphatic rings. The Morgan fingerprint density at radius 2 is 1.89 bits per heavy atom. The molecular formula is C25H28BrN7O5. The number of morpholine rings is 1. The normalized spacial score (nSPS) is 23.0. The van der Waals surface area contributed by atoms with Crippen molar-refractivity contribution >= 4 is 44.8 Å². The summed E-state index contributed by atoms with van der Waals surface area (Å²) in [6.45, 7) is 12.2. The van der Waals surface area contributed by atoms with Gasteiger partial charge in [-0.1, -0.05) is 15.9 Å². The number of anilines is 2. The van der Waals surface area contributed by atoms with E-state index in [1.54, 1.807) is 30.3 Å². The molecule has 4 atom stereocenters. The SMILES string of the molecule is [C-]#[N+][C@@H]1C[C@@H](Nc2c(C(=O)N3C[C@@H](C)O[C@@H](C)C3)cc(Br)cc2[N+](=O)[O-])CN1C(=O)c1cncc(NC)c1. The summed E-state index contributed by atoms with van der Waals surface area (Å²) in [5.41, 5.74) is 0.920. The lowest BCUT2D eigenvalue weighted by Crippen LogP contribution is -2.48. The molecule has 3 heterocycles. The molecule has 1 aromatic carbocycles. The van der Waals surface area contributed by atoms with E-state index in [-0.39, 0.29) is 53.9 Å². The second kappa shape index (κ2) is 11.3. The van der Waals surface area contributed by atoms with Crippen LogP contribution < -0.4 is 10.6 Å². The predicted molar refractivity (Wildman–Crippen MR) is 144 cm³/mol. The number of amides is 2. The minimum atomic E-state index is -0.771. The summed E-state index contributed by atoms with van der Waals surface area (Å²) in [6, 6.07) is 4.05. The summed E-state index contributed by atoms with van der Waals surface area (Å²) >= 11 is 3.30. The van der Waals surface area contributed by atoms with Gasteiger partial charge in [0.1, 0.15) is 5.69 Å². The molecule has 1 aromatic heterocycles. The molecule has 2 aromatic rings. The van der Waals surface area contributed by atoms with Crippen LogP contribution in [0.1, 0.15) is 41.0 Å². The van der Waals surface area contributed by atoms with Gasteiger partial charge >= 0.3 is 6.17 Å². The number of carbonyl (C=O) groups is 2. The Bertz CT molecular complexity index is 1290. The van der Waals surface area contributed by atoms with Crippen LogP contribution in [-0.4, -0.2) is 82.6 Å². The Labute approximate surface area is 228 Å². The lowest BCUT2D eigenvalue weighted by atomic mass is 10.1. The van der Waals surface area contributed by atoms with Crippen LogP contribution in [0.5, 0.6) is 0 Å². The highest BCUT2D eigenvalue weighted by Gasteiger charge is 2.41. The van der Waals surface area contributed by atoms with Crippen molar-refractivity contribution in [3.05, 3.63) is 67.7 Å². The number of ether oxygens (including phenoxy) is 1. The van der Waals surface area contributed by atoms with Crippen molar-refractivity contribution in [3.8, 4) is 0 Å². The number of rotatable bonds is 6. The third-order valence-electron chi connectivity index (χ3n) is 6.52.